The number of anilines is 2. The highest BCUT2D eigenvalue weighted by atomic mass is 19.3. The predicted octanol–water partition coefficient (Wildman–Crippen LogP) is 4.20. The number of hydrogen-bond donors (Lipinski definition) is 1. The van der Waals surface area contributed by atoms with E-state index in [1.54, 1.807) is 30.3 Å². The molecule has 0 atom stereocenters. The second-order valence-electron chi connectivity index (χ2n) is 7.44. The molecule has 0 bridgehead atoms. The van der Waals surface area contributed by atoms with E-state index < -0.39 is 6.43 Å². The van der Waals surface area contributed by atoms with Crippen LogP contribution in [0.3, 0.4) is 0 Å². The van der Waals surface area contributed by atoms with Crippen LogP contribution in [0.15, 0.2) is 60.7 Å². The van der Waals surface area contributed by atoms with E-state index in [9.17, 15) is 8.78 Å². The van der Waals surface area contributed by atoms with E-state index in [-0.39, 0.29) is 5.82 Å². The van der Waals surface area contributed by atoms with Crippen molar-refractivity contribution < 1.29 is 13.5 Å². The normalized spacial score (nSPS) is 14.3. The van der Waals surface area contributed by atoms with Gasteiger partial charge in [-0.2, -0.15) is 9.97 Å². The monoisotopic (exact) mass is 436 g/mol. The first kappa shape index (κ1) is 20.3. The molecule has 0 radical (unpaired) electrons. The third kappa shape index (κ3) is 4.11. The first-order valence-electron chi connectivity index (χ1n) is 10.4. The summed E-state index contributed by atoms with van der Waals surface area (Å²) in [7, 11) is 0. The minimum atomic E-state index is -2.75. The number of nitrogens with one attached hydrogen (secondary N) is 1. The Hall–Kier alpha value is -3.59. The number of hydrogen-bond acceptors (Lipinski definition) is 6. The zero-order chi connectivity index (χ0) is 21.9. The van der Waals surface area contributed by atoms with Crippen molar-refractivity contribution in [2.75, 3.05) is 36.5 Å². The first-order chi connectivity index (χ1) is 15.7. The maximum Gasteiger partial charge on any atom is 0.296 e. The molecule has 1 aliphatic rings. The smallest absolute Gasteiger partial charge is 0.296 e. The molecule has 2 aromatic heterocycles. The van der Waals surface area contributed by atoms with Crippen LogP contribution in [-0.4, -0.2) is 45.8 Å². The summed E-state index contributed by atoms with van der Waals surface area (Å²) in [5.41, 5.74) is 2.13. The van der Waals surface area contributed by atoms with Crippen molar-refractivity contribution >= 4 is 22.8 Å². The van der Waals surface area contributed by atoms with Crippen molar-refractivity contribution in [2.24, 2.45) is 0 Å². The summed E-state index contributed by atoms with van der Waals surface area (Å²) in [5.74, 6) is 1.03. The summed E-state index contributed by atoms with van der Waals surface area (Å²) in [5, 5.41) is 3.24. The lowest BCUT2D eigenvalue weighted by Crippen LogP contribution is -2.37. The number of benzene rings is 2. The zero-order valence-corrected chi connectivity index (χ0v) is 17.3. The summed E-state index contributed by atoms with van der Waals surface area (Å²) >= 11 is 0. The van der Waals surface area contributed by atoms with E-state index in [4.69, 9.17) is 4.74 Å². The van der Waals surface area contributed by atoms with Crippen LogP contribution in [0.5, 0.6) is 0 Å². The minimum absolute atomic E-state index is 0.341. The highest BCUT2D eigenvalue weighted by Crippen LogP contribution is 2.29. The van der Waals surface area contributed by atoms with Crippen molar-refractivity contribution in [3.05, 3.63) is 72.1 Å². The van der Waals surface area contributed by atoms with Crippen molar-refractivity contribution in [1.82, 2.24) is 19.5 Å². The Morgan fingerprint density at radius 3 is 2.41 bits per heavy atom. The first-order valence-corrected chi connectivity index (χ1v) is 10.4. The molecular weight excluding hydrogens is 414 g/mol. The molecule has 32 heavy (non-hydrogen) atoms. The second-order valence-corrected chi connectivity index (χ2v) is 7.44. The van der Waals surface area contributed by atoms with E-state index >= 15 is 0 Å². The number of nitrogens with zero attached hydrogens (tertiary/aromatic N) is 5. The number of imidazole rings is 1. The van der Waals surface area contributed by atoms with Crippen LogP contribution < -0.4 is 10.2 Å². The summed E-state index contributed by atoms with van der Waals surface area (Å²) in [4.78, 5) is 15.5. The molecule has 7 nitrogen and oxygen atoms in total. The third-order valence-electron chi connectivity index (χ3n) is 5.34. The Morgan fingerprint density at radius 1 is 0.906 bits per heavy atom. The number of rotatable bonds is 6. The van der Waals surface area contributed by atoms with Crippen LogP contribution in [0.25, 0.3) is 16.9 Å². The van der Waals surface area contributed by atoms with Crippen LogP contribution in [0.4, 0.5) is 20.5 Å². The van der Waals surface area contributed by atoms with E-state index in [2.05, 4.69) is 25.2 Å². The van der Waals surface area contributed by atoms with Crippen LogP contribution in [0, 0.1) is 0 Å². The van der Waals surface area contributed by atoms with E-state index in [0.29, 0.717) is 61.5 Å². The van der Waals surface area contributed by atoms with E-state index in [1.807, 2.05) is 30.3 Å². The molecule has 4 aromatic rings. The maximum absolute atomic E-state index is 13.9. The molecule has 9 heteroatoms. The van der Waals surface area contributed by atoms with Gasteiger partial charge in [0, 0.05) is 25.7 Å². The fourth-order valence-corrected chi connectivity index (χ4v) is 3.78. The van der Waals surface area contributed by atoms with Crippen molar-refractivity contribution in [1.29, 1.82) is 0 Å². The second kappa shape index (κ2) is 8.88. The summed E-state index contributed by atoms with van der Waals surface area (Å²) in [6.45, 7) is 3.02. The van der Waals surface area contributed by atoms with Gasteiger partial charge in [-0.3, -0.25) is 4.57 Å². The number of para-hydroxylation sites is 2. The van der Waals surface area contributed by atoms with Gasteiger partial charge in [-0.25, -0.2) is 13.8 Å². The average molecular weight is 436 g/mol. The lowest BCUT2D eigenvalue weighted by molar-refractivity contribution is 0.122. The van der Waals surface area contributed by atoms with Crippen molar-refractivity contribution in [3.8, 4) is 5.82 Å². The number of fused-ring (bicyclic) bond motifs is 1. The van der Waals surface area contributed by atoms with E-state index in [1.165, 1.54) is 4.57 Å². The molecule has 0 saturated carbocycles. The van der Waals surface area contributed by atoms with Gasteiger partial charge in [0.2, 0.25) is 5.95 Å². The topological polar surface area (TPSA) is 68.1 Å². The summed E-state index contributed by atoms with van der Waals surface area (Å²) < 4.78 is 34.7. The maximum atomic E-state index is 13.9. The molecule has 2 aromatic carbocycles. The highest BCUT2D eigenvalue weighted by Gasteiger charge is 2.23. The van der Waals surface area contributed by atoms with Gasteiger partial charge in [-0.1, -0.05) is 42.5 Å². The Balaban J connectivity index is 1.60. The van der Waals surface area contributed by atoms with Gasteiger partial charge in [0.15, 0.2) is 5.82 Å². The molecule has 0 unspecified atom stereocenters. The van der Waals surface area contributed by atoms with Crippen LogP contribution in [0.2, 0.25) is 0 Å². The van der Waals surface area contributed by atoms with Crippen molar-refractivity contribution in [2.45, 2.75) is 13.0 Å². The van der Waals surface area contributed by atoms with Crippen LogP contribution in [-0.2, 0) is 11.3 Å². The van der Waals surface area contributed by atoms with E-state index in [0.717, 1.165) is 5.56 Å². The van der Waals surface area contributed by atoms with Gasteiger partial charge >= 0.3 is 0 Å². The Bertz CT molecular complexity index is 1210. The fourth-order valence-electron chi connectivity index (χ4n) is 3.78. The van der Waals surface area contributed by atoms with Crippen LogP contribution in [0.1, 0.15) is 17.8 Å². The molecule has 0 aliphatic carbocycles. The highest BCUT2D eigenvalue weighted by molar-refractivity contribution is 5.78. The fraction of sp³-hybridized carbons (Fsp3) is 0.261. The number of ether oxygens (including phenoxy) is 1. The van der Waals surface area contributed by atoms with Crippen LogP contribution >= 0.6 is 0 Å². The molecule has 164 valence electrons. The average Bonchev–Trinajstić information content (AvgIpc) is 3.24. The van der Waals surface area contributed by atoms with Gasteiger partial charge in [-0.05, 0) is 17.7 Å². The quantitative estimate of drug-likeness (QED) is 0.489. The molecule has 1 fully saturated rings. The molecular formula is C23H22F2N6O. The molecule has 1 N–H and O–H groups in total. The molecule has 0 amide bonds. The molecule has 1 saturated heterocycles. The SMILES string of the molecule is FC(F)c1nc2ccccc2n1-c1cc(N2CCOCC2)nc(NCc2ccccc2)n1. The largest absolute Gasteiger partial charge is 0.378 e. The summed E-state index contributed by atoms with van der Waals surface area (Å²) in [6.07, 6.45) is -2.75. The minimum Gasteiger partial charge on any atom is -0.378 e. The predicted molar refractivity (Wildman–Crippen MR) is 118 cm³/mol. The summed E-state index contributed by atoms with van der Waals surface area (Å²) in [6, 6.07) is 18.7. The Morgan fingerprint density at radius 2 is 1.62 bits per heavy atom. The standard InChI is InChI=1S/C23H22F2N6O/c24-21(25)22-27-17-8-4-5-9-18(17)31(22)20-14-19(30-10-12-32-13-11-30)28-23(29-20)26-15-16-6-2-1-3-7-16/h1-9,14,21H,10-13,15H2,(H,26,28,29). The van der Waals surface area contributed by atoms with Gasteiger partial charge in [0.1, 0.15) is 11.6 Å². The number of alkyl halides is 2. The molecule has 5 rings (SSSR count). The number of halogens is 2. The molecule has 1 aliphatic heterocycles. The molecule has 0 spiro atoms. The van der Waals surface area contributed by atoms with Gasteiger partial charge in [-0.15, -0.1) is 0 Å². The van der Waals surface area contributed by atoms with Gasteiger partial charge in [0.05, 0.1) is 24.2 Å². The van der Waals surface area contributed by atoms with Gasteiger partial charge < -0.3 is 15.0 Å². The zero-order valence-electron chi connectivity index (χ0n) is 17.3. The number of morpholine rings is 1. The van der Waals surface area contributed by atoms with Gasteiger partial charge in [0.25, 0.3) is 6.43 Å². The number of aromatic nitrogens is 4. The lowest BCUT2D eigenvalue weighted by atomic mass is 10.2. The third-order valence-corrected chi connectivity index (χ3v) is 5.34. The lowest BCUT2D eigenvalue weighted by Gasteiger charge is -2.28. The van der Waals surface area contributed by atoms with Crippen molar-refractivity contribution in [3.63, 3.8) is 0 Å². The Labute approximate surface area is 183 Å². The molecule has 3 heterocycles. The Kier molecular flexibility index (Phi) is 5.64.